The van der Waals surface area contributed by atoms with Crippen LogP contribution in [0.4, 0.5) is 5.69 Å². The van der Waals surface area contributed by atoms with Crippen molar-refractivity contribution in [1.82, 2.24) is 9.38 Å². The first kappa shape index (κ1) is 12.3. The molecule has 0 spiro atoms. The average molecular weight is 267 g/mol. The number of hydrogen-bond donors (Lipinski definition) is 0. The SMILES string of the molecule is Cc1cccc2nc(-c3cccc([N+](=O)[O-])c3)c(C)n12. The van der Waals surface area contributed by atoms with Gasteiger partial charge in [-0.3, -0.25) is 10.1 Å². The first-order valence-corrected chi connectivity index (χ1v) is 6.27. The lowest BCUT2D eigenvalue weighted by Crippen LogP contribution is -1.93. The molecular weight excluding hydrogens is 254 g/mol. The summed E-state index contributed by atoms with van der Waals surface area (Å²) in [6, 6.07) is 12.5. The van der Waals surface area contributed by atoms with Gasteiger partial charge in [0.15, 0.2) is 0 Å². The monoisotopic (exact) mass is 267 g/mol. The summed E-state index contributed by atoms with van der Waals surface area (Å²) < 4.78 is 2.05. The van der Waals surface area contributed by atoms with Crippen molar-refractivity contribution in [3.63, 3.8) is 0 Å². The lowest BCUT2D eigenvalue weighted by atomic mass is 10.1. The van der Waals surface area contributed by atoms with Crippen molar-refractivity contribution in [1.29, 1.82) is 0 Å². The molecule has 0 fully saturated rings. The number of benzene rings is 1. The van der Waals surface area contributed by atoms with E-state index in [2.05, 4.69) is 4.98 Å². The molecule has 0 atom stereocenters. The number of hydrogen-bond acceptors (Lipinski definition) is 3. The van der Waals surface area contributed by atoms with Crippen molar-refractivity contribution in [3.8, 4) is 11.3 Å². The van der Waals surface area contributed by atoms with Crippen LogP contribution in [0.1, 0.15) is 11.4 Å². The third-order valence-corrected chi connectivity index (χ3v) is 3.40. The minimum atomic E-state index is -0.389. The van der Waals surface area contributed by atoms with Crippen molar-refractivity contribution >= 4 is 11.3 Å². The summed E-state index contributed by atoms with van der Waals surface area (Å²) in [5.74, 6) is 0. The molecule has 0 radical (unpaired) electrons. The van der Waals surface area contributed by atoms with Crippen molar-refractivity contribution in [2.75, 3.05) is 0 Å². The Morgan fingerprint density at radius 2 is 1.90 bits per heavy atom. The van der Waals surface area contributed by atoms with Crippen LogP contribution in [-0.4, -0.2) is 14.3 Å². The molecule has 0 saturated carbocycles. The smallest absolute Gasteiger partial charge is 0.270 e. The number of aryl methyl sites for hydroxylation is 2. The molecule has 20 heavy (non-hydrogen) atoms. The zero-order valence-electron chi connectivity index (χ0n) is 11.2. The van der Waals surface area contributed by atoms with Crippen LogP contribution in [0.2, 0.25) is 0 Å². The van der Waals surface area contributed by atoms with Crippen molar-refractivity contribution in [3.05, 3.63) is 64.0 Å². The Balaban J connectivity index is 2.25. The summed E-state index contributed by atoms with van der Waals surface area (Å²) >= 11 is 0. The normalized spacial score (nSPS) is 10.9. The van der Waals surface area contributed by atoms with E-state index in [1.54, 1.807) is 12.1 Å². The van der Waals surface area contributed by atoms with Crippen LogP contribution < -0.4 is 0 Å². The maximum atomic E-state index is 10.9. The van der Waals surface area contributed by atoms with E-state index in [9.17, 15) is 10.1 Å². The molecule has 0 aliphatic heterocycles. The molecule has 0 N–H and O–H groups in total. The number of nitro benzene ring substituents is 1. The Labute approximate surface area is 115 Å². The molecule has 0 amide bonds. The van der Waals surface area contributed by atoms with Gasteiger partial charge in [-0.25, -0.2) is 4.98 Å². The minimum absolute atomic E-state index is 0.0793. The highest BCUT2D eigenvalue weighted by Crippen LogP contribution is 2.27. The second-order valence-corrected chi connectivity index (χ2v) is 4.71. The number of nitrogens with zero attached hydrogens (tertiary/aromatic N) is 3. The third kappa shape index (κ3) is 1.84. The van der Waals surface area contributed by atoms with Gasteiger partial charge >= 0.3 is 0 Å². The number of imidazole rings is 1. The topological polar surface area (TPSA) is 60.4 Å². The number of aromatic nitrogens is 2. The summed E-state index contributed by atoms with van der Waals surface area (Å²) in [4.78, 5) is 15.1. The summed E-state index contributed by atoms with van der Waals surface area (Å²) in [5.41, 5.74) is 4.55. The Kier molecular flexibility index (Phi) is 2.75. The van der Waals surface area contributed by atoms with Gasteiger partial charge in [0.2, 0.25) is 0 Å². The van der Waals surface area contributed by atoms with Gasteiger partial charge in [-0.1, -0.05) is 18.2 Å². The van der Waals surface area contributed by atoms with E-state index in [4.69, 9.17) is 0 Å². The van der Waals surface area contributed by atoms with Crippen molar-refractivity contribution in [2.24, 2.45) is 0 Å². The summed E-state index contributed by atoms with van der Waals surface area (Å²) in [6.07, 6.45) is 0. The summed E-state index contributed by atoms with van der Waals surface area (Å²) in [5, 5.41) is 10.9. The summed E-state index contributed by atoms with van der Waals surface area (Å²) in [6.45, 7) is 3.99. The van der Waals surface area contributed by atoms with Gasteiger partial charge in [-0.05, 0) is 26.0 Å². The van der Waals surface area contributed by atoms with Crippen LogP contribution in [-0.2, 0) is 0 Å². The Bertz CT molecular complexity index is 821. The molecule has 5 heteroatoms. The van der Waals surface area contributed by atoms with E-state index in [0.717, 1.165) is 28.3 Å². The summed E-state index contributed by atoms with van der Waals surface area (Å²) in [7, 11) is 0. The Morgan fingerprint density at radius 1 is 1.15 bits per heavy atom. The molecule has 1 aromatic carbocycles. The fourth-order valence-electron chi connectivity index (χ4n) is 2.47. The zero-order valence-corrected chi connectivity index (χ0v) is 11.2. The molecule has 0 bridgehead atoms. The fourth-order valence-corrected chi connectivity index (χ4v) is 2.47. The van der Waals surface area contributed by atoms with Crippen LogP contribution in [0.3, 0.4) is 0 Å². The molecule has 0 saturated heterocycles. The van der Waals surface area contributed by atoms with Gasteiger partial charge in [0.1, 0.15) is 5.65 Å². The molecule has 0 aliphatic carbocycles. The average Bonchev–Trinajstić information content (AvgIpc) is 2.77. The molecule has 0 aliphatic rings. The zero-order chi connectivity index (χ0) is 14.3. The molecule has 2 heterocycles. The second kappa shape index (κ2) is 4.45. The molecule has 5 nitrogen and oxygen atoms in total. The van der Waals surface area contributed by atoms with Crippen LogP contribution in [0.25, 0.3) is 16.9 Å². The van der Waals surface area contributed by atoms with E-state index in [1.165, 1.54) is 6.07 Å². The first-order valence-electron chi connectivity index (χ1n) is 6.27. The fraction of sp³-hybridized carbons (Fsp3) is 0.133. The number of pyridine rings is 1. The number of rotatable bonds is 2. The van der Waals surface area contributed by atoms with Crippen LogP contribution in [0, 0.1) is 24.0 Å². The van der Waals surface area contributed by atoms with Gasteiger partial charge in [-0.2, -0.15) is 0 Å². The highest BCUT2D eigenvalue weighted by Gasteiger charge is 2.14. The van der Waals surface area contributed by atoms with E-state index >= 15 is 0 Å². The first-order chi connectivity index (χ1) is 9.58. The number of non-ortho nitro benzene ring substituents is 1. The predicted molar refractivity (Wildman–Crippen MR) is 76.8 cm³/mol. The second-order valence-electron chi connectivity index (χ2n) is 4.71. The number of nitro groups is 1. The molecule has 2 aromatic heterocycles. The van der Waals surface area contributed by atoms with E-state index < -0.39 is 0 Å². The maximum Gasteiger partial charge on any atom is 0.270 e. The van der Waals surface area contributed by atoms with Gasteiger partial charge in [0.05, 0.1) is 10.6 Å². The van der Waals surface area contributed by atoms with Gasteiger partial charge in [0, 0.05) is 29.1 Å². The predicted octanol–water partition coefficient (Wildman–Crippen LogP) is 3.53. The lowest BCUT2D eigenvalue weighted by Gasteiger charge is -2.02. The lowest BCUT2D eigenvalue weighted by molar-refractivity contribution is -0.384. The highest BCUT2D eigenvalue weighted by molar-refractivity contribution is 5.68. The van der Waals surface area contributed by atoms with Crippen molar-refractivity contribution < 1.29 is 4.92 Å². The van der Waals surface area contributed by atoms with Gasteiger partial charge < -0.3 is 4.40 Å². The van der Waals surface area contributed by atoms with E-state index in [0.29, 0.717) is 0 Å². The molecule has 3 aromatic rings. The Morgan fingerprint density at radius 3 is 2.60 bits per heavy atom. The molecule has 3 rings (SSSR count). The third-order valence-electron chi connectivity index (χ3n) is 3.40. The largest absolute Gasteiger partial charge is 0.301 e. The van der Waals surface area contributed by atoms with Crippen LogP contribution >= 0.6 is 0 Å². The van der Waals surface area contributed by atoms with Gasteiger partial charge in [-0.15, -0.1) is 0 Å². The molecule has 100 valence electrons. The van der Waals surface area contributed by atoms with Gasteiger partial charge in [0.25, 0.3) is 5.69 Å². The van der Waals surface area contributed by atoms with E-state index in [-0.39, 0.29) is 10.6 Å². The Hall–Kier alpha value is -2.69. The minimum Gasteiger partial charge on any atom is -0.301 e. The number of fused-ring (bicyclic) bond motifs is 1. The quantitative estimate of drug-likeness (QED) is 0.527. The van der Waals surface area contributed by atoms with E-state index in [1.807, 2.05) is 42.5 Å². The maximum absolute atomic E-state index is 10.9. The van der Waals surface area contributed by atoms with Crippen LogP contribution in [0.5, 0.6) is 0 Å². The highest BCUT2D eigenvalue weighted by atomic mass is 16.6. The standard InChI is InChI=1S/C15H13N3O2/c1-10-5-3-8-14-16-15(11(2)17(10)14)12-6-4-7-13(9-12)18(19)20/h3-9H,1-2H3. The van der Waals surface area contributed by atoms with Crippen molar-refractivity contribution in [2.45, 2.75) is 13.8 Å². The molecule has 0 unspecified atom stereocenters. The van der Waals surface area contributed by atoms with Crippen LogP contribution in [0.15, 0.2) is 42.5 Å². The molecular formula is C15H13N3O2.